The molecule has 11 heteroatoms. The van der Waals surface area contributed by atoms with Crippen molar-refractivity contribution in [2.24, 2.45) is 0 Å². The summed E-state index contributed by atoms with van der Waals surface area (Å²) in [5.74, 6) is 0.392. The Morgan fingerprint density at radius 2 is 2.03 bits per heavy atom. The van der Waals surface area contributed by atoms with Crippen molar-refractivity contribution >= 4 is 61.3 Å². The molecule has 1 aliphatic rings. The molecule has 3 aromatic heterocycles. The quantitative estimate of drug-likeness (QED) is 0.319. The predicted octanol–water partition coefficient (Wildman–Crippen LogP) is 4.77. The second-order valence-electron chi connectivity index (χ2n) is 8.47. The van der Waals surface area contributed by atoms with Crippen molar-refractivity contribution in [3.63, 3.8) is 0 Å². The number of carbonyl (C=O) groups excluding carboxylic acids is 1. The Labute approximate surface area is 217 Å². The molecule has 8 nitrogen and oxygen atoms in total. The number of fused-ring (bicyclic) bond motifs is 1. The van der Waals surface area contributed by atoms with Crippen molar-refractivity contribution in [2.45, 2.75) is 6.42 Å². The monoisotopic (exact) mass is 527 g/mol. The SMILES string of the molecule is CN1CCN(CCCNc2ncc(Cl)c(-c3cc4ccc(C(=O)Nc5nccs5)cc4s3)n2)CC1. The molecule has 182 valence electrons. The molecule has 0 atom stereocenters. The van der Waals surface area contributed by atoms with E-state index in [1.807, 2.05) is 29.6 Å². The van der Waals surface area contributed by atoms with Crippen molar-refractivity contribution in [1.29, 1.82) is 0 Å². The Bertz CT molecular complexity index is 1300. The number of halogens is 1. The summed E-state index contributed by atoms with van der Waals surface area (Å²) in [6, 6.07) is 7.70. The molecule has 4 heterocycles. The zero-order valence-corrected chi connectivity index (χ0v) is 21.7. The molecular formula is C24H26ClN7OS2. The number of nitrogens with zero attached hydrogens (tertiary/aromatic N) is 5. The first-order valence-corrected chi connectivity index (χ1v) is 13.5. The van der Waals surface area contributed by atoms with Crippen LogP contribution in [0.25, 0.3) is 20.7 Å². The largest absolute Gasteiger partial charge is 0.354 e. The van der Waals surface area contributed by atoms with E-state index in [0.29, 0.717) is 27.4 Å². The lowest BCUT2D eigenvalue weighted by Gasteiger charge is -2.32. The van der Waals surface area contributed by atoms with Crippen LogP contribution in [0.5, 0.6) is 0 Å². The topological polar surface area (TPSA) is 86.3 Å². The molecule has 5 rings (SSSR count). The maximum Gasteiger partial charge on any atom is 0.257 e. The van der Waals surface area contributed by atoms with Crippen LogP contribution in [0.1, 0.15) is 16.8 Å². The molecule has 1 aliphatic heterocycles. The molecule has 35 heavy (non-hydrogen) atoms. The number of carbonyl (C=O) groups is 1. The summed E-state index contributed by atoms with van der Waals surface area (Å²) < 4.78 is 0.989. The van der Waals surface area contributed by atoms with E-state index in [1.165, 1.54) is 11.3 Å². The summed E-state index contributed by atoms with van der Waals surface area (Å²) >= 11 is 9.41. The third-order valence-corrected chi connectivity index (χ3v) is 8.01. The fourth-order valence-electron chi connectivity index (χ4n) is 3.94. The van der Waals surface area contributed by atoms with E-state index in [-0.39, 0.29) is 5.91 Å². The molecule has 4 aromatic rings. The molecule has 1 saturated heterocycles. The molecule has 1 fully saturated rings. The molecule has 2 N–H and O–H groups in total. The number of nitrogens with one attached hydrogen (secondary N) is 2. The van der Waals surface area contributed by atoms with E-state index < -0.39 is 0 Å². The van der Waals surface area contributed by atoms with Crippen LogP contribution >= 0.6 is 34.3 Å². The van der Waals surface area contributed by atoms with E-state index in [4.69, 9.17) is 11.6 Å². The van der Waals surface area contributed by atoms with Gasteiger partial charge in [0.1, 0.15) is 5.69 Å². The van der Waals surface area contributed by atoms with Crippen molar-refractivity contribution < 1.29 is 4.79 Å². The number of thiophene rings is 1. The fraction of sp³-hybridized carbons (Fsp3) is 0.333. The Morgan fingerprint density at radius 3 is 2.83 bits per heavy atom. The Kier molecular flexibility index (Phi) is 7.54. The normalized spacial score (nSPS) is 14.9. The van der Waals surface area contributed by atoms with E-state index >= 15 is 0 Å². The maximum atomic E-state index is 12.6. The van der Waals surface area contributed by atoms with E-state index in [1.54, 1.807) is 23.7 Å². The average Bonchev–Trinajstić information content (AvgIpc) is 3.53. The first-order chi connectivity index (χ1) is 17.0. The van der Waals surface area contributed by atoms with Gasteiger partial charge in [0.15, 0.2) is 5.13 Å². The number of benzene rings is 1. The van der Waals surface area contributed by atoms with Gasteiger partial charge in [-0.05, 0) is 43.6 Å². The van der Waals surface area contributed by atoms with Crippen LogP contribution in [0.4, 0.5) is 11.1 Å². The van der Waals surface area contributed by atoms with E-state index in [2.05, 4.69) is 42.4 Å². The molecule has 0 spiro atoms. The van der Waals surface area contributed by atoms with Crippen molar-refractivity contribution in [3.05, 3.63) is 52.6 Å². The van der Waals surface area contributed by atoms with Gasteiger partial charge < -0.3 is 15.1 Å². The van der Waals surface area contributed by atoms with Crippen molar-refractivity contribution in [1.82, 2.24) is 24.8 Å². The number of hydrogen-bond donors (Lipinski definition) is 2. The number of piperazine rings is 1. The highest BCUT2D eigenvalue weighted by Gasteiger charge is 2.15. The van der Waals surface area contributed by atoms with E-state index in [0.717, 1.165) is 60.7 Å². The average molecular weight is 528 g/mol. The highest BCUT2D eigenvalue weighted by atomic mass is 35.5. The summed E-state index contributed by atoms with van der Waals surface area (Å²) in [6.07, 6.45) is 4.33. The predicted molar refractivity (Wildman–Crippen MR) is 145 cm³/mol. The van der Waals surface area contributed by atoms with Crippen LogP contribution in [-0.4, -0.2) is 77.0 Å². The maximum absolute atomic E-state index is 12.6. The number of likely N-dealkylation sites (N-methyl/N-ethyl adjacent to an activating group) is 1. The van der Waals surface area contributed by atoms with Gasteiger partial charge in [0.05, 0.1) is 16.1 Å². The molecule has 0 saturated carbocycles. The zero-order chi connectivity index (χ0) is 24.2. The minimum Gasteiger partial charge on any atom is -0.354 e. The lowest BCUT2D eigenvalue weighted by atomic mass is 10.1. The number of thiazole rings is 1. The summed E-state index contributed by atoms with van der Waals surface area (Å²) in [6.45, 7) is 6.37. The highest BCUT2D eigenvalue weighted by Crippen LogP contribution is 2.36. The Balaban J connectivity index is 1.24. The lowest BCUT2D eigenvalue weighted by Crippen LogP contribution is -2.44. The van der Waals surface area contributed by atoms with Gasteiger partial charge >= 0.3 is 0 Å². The van der Waals surface area contributed by atoms with Crippen LogP contribution < -0.4 is 10.6 Å². The number of anilines is 2. The Morgan fingerprint density at radius 1 is 1.17 bits per heavy atom. The second kappa shape index (κ2) is 11.0. The molecule has 0 radical (unpaired) electrons. The fourth-order valence-corrected chi connectivity index (χ4v) is 5.82. The van der Waals surface area contributed by atoms with Gasteiger partial charge in [-0.2, -0.15) is 0 Å². The molecule has 0 aliphatic carbocycles. The number of aromatic nitrogens is 3. The van der Waals surface area contributed by atoms with Gasteiger partial charge in [-0.3, -0.25) is 10.1 Å². The van der Waals surface area contributed by atoms with Gasteiger partial charge in [0.2, 0.25) is 5.95 Å². The number of hydrogen-bond acceptors (Lipinski definition) is 9. The van der Waals surface area contributed by atoms with Crippen LogP contribution in [0.3, 0.4) is 0 Å². The van der Waals surface area contributed by atoms with Gasteiger partial charge in [-0.1, -0.05) is 17.7 Å². The standard InChI is InChI=1S/C24H26ClN7OS2/c1-31-8-10-32(11-9-31)7-2-5-26-23-28-15-18(25)21(29-23)20-13-16-3-4-17(14-19(16)35-20)22(33)30-24-27-6-12-34-24/h3-4,6,12-15H,2,5,7-11H2,1H3,(H,26,28,29)(H,27,30,33). The van der Waals surface area contributed by atoms with Gasteiger partial charge in [-0.15, -0.1) is 22.7 Å². The molecular weight excluding hydrogens is 502 g/mol. The first kappa shape index (κ1) is 24.1. The first-order valence-electron chi connectivity index (χ1n) is 11.5. The summed E-state index contributed by atoms with van der Waals surface area (Å²) in [7, 11) is 2.17. The third kappa shape index (κ3) is 5.96. The lowest BCUT2D eigenvalue weighted by molar-refractivity contribution is 0.102. The third-order valence-electron chi connectivity index (χ3n) is 5.94. The summed E-state index contributed by atoms with van der Waals surface area (Å²) in [5, 5.41) is 10.1. The van der Waals surface area contributed by atoms with Gasteiger partial charge in [0.25, 0.3) is 5.91 Å². The van der Waals surface area contributed by atoms with Gasteiger partial charge in [-0.25, -0.2) is 15.0 Å². The molecule has 1 amide bonds. The van der Waals surface area contributed by atoms with Crippen LogP contribution in [0, 0.1) is 0 Å². The molecule has 0 bridgehead atoms. The highest BCUT2D eigenvalue weighted by molar-refractivity contribution is 7.22. The molecule has 0 unspecified atom stereocenters. The minimum absolute atomic E-state index is 0.181. The Hall–Kier alpha value is -2.63. The van der Waals surface area contributed by atoms with Crippen LogP contribution in [-0.2, 0) is 0 Å². The minimum atomic E-state index is -0.181. The van der Waals surface area contributed by atoms with Crippen molar-refractivity contribution in [2.75, 3.05) is 56.9 Å². The zero-order valence-electron chi connectivity index (χ0n) is 19.3. The van der Waals surface area contributed by atoms with Crippen LogP contribution in [0.2, 0.25) is 5.02 Å². The van der Waals surface area contributed by atoms with E-state index in [9.17, 15) is 4.79 Å². The second-order valence-corrected chi connectivity index (χ2v) is 10.9. The summed E-state index contributed by atoms with van der Waals surface area (Å²) in [4.78, 5) is 31.5. The summed E-state index contributed by atoms with van der Waals surface area (Å²) in [5.41, 5.74) is 1.27. The molecule has 1 aromatic carbocycles. The number of amides is 1. The smallest absolute Gasteiger partial charge is 0.257 e. The van der Waals surface area contributed by atoms with Crippen LogP contribution in [0.15, 0.2) is 42.0 Å². The van der Waals surface area contributed by atoms with Gasteiger partial charge in [0, 0.05) is 54.6 Å². The number of rotatable bonds is 8. The van der Waals surface area contributed by atoms with Crippen molar-refractivity contribution in [3.8, 4) is 10.6 Å².